The summed E-state index contributed by atoms with van der Waals surface area (Å²) in [7, 11) is 1.25. The third-order valence-corrected chi connectivity index (χ3v) is 7.43. The molecule has 3 aromatic carbocycles. The molecule has 41 heavy (non-hydrogen) atoms. The highest BCUT2D eigenvalue weighted by molar-refractivity contribution is 5.95. The van der Waals surface area contributed by atoms with Crippen LogP contribution < -0.4 is 10.6 Å². The molecular formula is C31H32N4O6. The van der Waals surface area contributed by atoms with Crippen LogP contribution >= 0.6 is 0 Å². The molecule has 2 saturated heterocycles. The highest BCUT2D eigenvalue weighted by atomic mass is 16.5. The van der Waals surface area contributed by atoms with Crippen LogP contribution in [0.1, 0.15) is 42.1 Å². The van der Waals surface area contributed by atoms with E-state index in [-0.39, 0.29) is 12.6 Å². The molecule has 0 aliphatic carbocycles. The number of fused-ring (bicyclic) bond motifs is 1. The Balaban J connectivity index is 1.48. The van der Waals surface area contributed by atoms with Crippen LogP contribution in [-0.2, 0) is 30.5 Å². The van der Waals surface area contributed by atoms with Gasteiger partial charge in [0, 0.05) is 0 Å². The van der Waals surface area contributed by atoms with E-state index in [1.54, 1.807) is 0 Å². The van der Waals surface area contributed by atoms with E-state index in [1.807, 2.05) is 96.0 Å². The highest BCUT2D eigenvalue weighted by Crippen LogP contribution is 2.48. The Kier molecular flexibility index (Phi) is 8.30. The third kappa shape index (κ3) is 5.78. The molecule has 0 bridgehead atoms. The SMILES string of the molecule is COC(=O)[C@H](C)NC(=O)[C@@H]1C[C@@H](c2ccccc2)N2[C@@H](c3ccccc3)[C@H](NC(=O)OCc3ccccc3)C(=O)N12. The van der Waals surface area contributed by atoms with Gasteiger partial charge in [0.15, 0.2) is 0 Å². The van der Waals surface area contributed by atoms with Crippen LogP contribution in [0.5, 0.6) is 0 Å². The lowest BCUT2D eigenvalue weighted by Crippen LogP contribution is -2.52. The van der Waals surface area contributed by atoms with Crippen molar-refractivity contribution < 1.29 is 28.7 Å². The van der Waals surface area contributed by atoms with Crippen LogP contribution in [0, 0.1) is 0 Å². The molecule has 10 heteroatoms. The number of hydrogen-bond acceptors (Lipinski definition) is 7. The minimum atomic E-state index is -1.03. The van der Waals surface area contributed by atoms with Crippen molar-refractivity contribution in [3.05, 3.63) is 108 Å². The lowest BCUT2D eigenvalue weighted by Gasteiger charge is -2.32. The van der Waals surface area contributed by atoms with E-state index < -0.39 is 48.0 Å². The smallest absolute Gasteiger partial charge is 0.408 e. The predicted octanol–water partition coefficient (Wildman–Crippen LogP) is 3.27. The van der Waals surface area contributed by atoms with Crippen LogP contribution in [0.2, 0.25) is 0 Å². The summed E-state index contributed by atoms with van der Waals surface area (Å²) >= 11 is 0. The van der Waals surface area contributed by atoms with E-state index in [2.05, 4.69) is 10.6 Å². The van der Waals surface area contributed by atoms with E-state index in [0.29, 0.717) is 6.42 Å². The van der Waals surface area contributed by atoms with Crippen molar-refractivity contribution in [2.75, 3.05) is 7.11 Å². The summed E-state index contributed by atoms with van der Waals surface area (Å²) < 4.78 is 10.2. The van der Waals surface area contributed by atoms with Gasteiger partial charge >= 0.3 is 12.1 Å². The lowest BCUT2D eigenvalue weighted by molar-refractivity contribution is -0.149. The monoisotopic (exact) mass is 556 g/mol. The summed E-state index contributed by atoms with van der Waals surface area (Å²) in [4.78, 5) is 52.6. The Hall–Kier alpha value is -4.70. The van der Waals surface area contributed by atoms with Gasteiger partial charge in [-0.3, -0.25) is 14.6 Å². The zero-order chi connectivity index (χ0) is 28.9. The molecule has 2 heterocycles. The van der Waals surface area contributed by atoms with Gasteiger partial charge in [-0.1, -0.05) is 91.0 Å². The molecular weight excluding hydrogens is 524 g/mol. The maximum absolute atomic E-state index is 14.1. The number of nitrogens with one attached hydrogen (secondary N) is 2. The first-order valence-corrected chi connectivity index (χ1v) is 13.5. The number of benzene rings is 3. The lowest BCUT2D eigenvalue weighted by atomic mass is 9.94. The van der Waals surface area contributed by atoms with Crippen LogP contribution in [-0.4, -0.2) is 59.1 Å². The second kappa shape index (κ2) is 12.2. The number of hydrazine groups is 1. The van der Waals surface area contributed by atoms with E-state index in [1.165, 1.54) is 19.0 Å². The Morgan fingerprint density at radius 3 is 2.10 bits per heavy atom. The molecule has 5 rings (SSSR count). The number of rotatable bonds is 8. The van der Waals surface area contributed by atoms with Crippen LogP contribution in [0.25, 0.3) is 0 Å². The molecule has 3 amide bonds. The number of alkyl carbamates (subject to hydrolysis) is 1. The van der Waals surface area contributed by atoms with Gasteiger partial charge in [0.25, 0.3) is 5.91 Å². The maximum atomic E-state index is 14.1. The number of amides is 3. The normalized spacial score (nSPS) is 22.5. The number of methoxy groups -OCH3 is 1. The van der Waals surface area contributed by atoms with Crippen LogP contribution in [0.15, 0.2) is 91.0 Å². The summed E-state index contributed by atoms with van der Waals surface area (Å²) in [6.45, 7) is 1.57. The van der Waals surface area contributed by atoms with E-state index in [0.717, 1.165) is 16.7 Å². The number of nitrogens with zero attached hydrogens (tertiary/aromatic N) is 2. The van der Waals surface area contributed by atoms with Gasteiger partial charge < -0.3 is 20.1 Å². The second-order valence-corrected chi connectivity index (χ2v) is 10.0. The fourth-order valence-corrected chi connectivity index (χ4v) is 5.51. The number of carbonyl (C=O) groups excluding carboxylic acids is 4. The van der Waals surface area contributed by atoms with Crippen molar-refractivity contribution in [1.82, 2.24) is 20.7 Å². The molecule has 2 N–H and O–H groups in total. The van der Waals surface area contributed by atoms with Crippen molar-refractivity contribution in [1.29, 1.82) is 0 Å². The minimum Gasteiger partial charge on any atom is -0.467 e. The van der Waals surface area contributed by atoms with E-state index >= 15 is 0 Å². The predicted molar refractivity (Wildman–Crippen MR) is 149 cm³/mol. The van der Waals surface area contributed by atoms with Crippen LogP contribution in [0.3, 0.4) is 0 Å². The third-order valence-electron chi connectivity index (χ3n) is 7.43. The van der Waals surface area contributed by atoms with E-state index in [4.69, 9.17) is 9.47 Å². The molecule has 2 aliphatic rings. The number of hydrogen-bond donors (Lipinski definition) is 2. The van der Waals surface area contributed by atoms with Crippen molar-refractivity contribution in [2.24, 2.45) is 0 Å². The topological polar surface area (TPSA) is 117 Å². The molecule has 5 atom stereocenters. The Labute approximate surface area is 238 Å². The maximum Gasteiger partial charge on any atom is 0.408 e. The number of carbonyl (C=O) groups is 4. The molecule has 3 aromatic rings. The Morgan fingerprint density at radius 1 is 0.902 bits per heavy atom. The second-order valence-electron chi connectivity index (χ2n) is 10.0. The fourth-order valence-electron chi connectivity index (χ4n) is 5.51. The summed E-state index contributed by atoms with van der Waals surface area (Å²) in [5.41, 5.74) is 2.52. The molecule has 0 aromatic heterocycles. The number of esters is 1. The molecule has 212 valence electrons. The van der Waals surface area contributed by atoms with Crippen LogP contribution in [0.4, 0.5) is 4.79 Å². The number of ether oxygens (including phenoxy) is 2. The van der Waals surface area contributed by atoms with Crippen molar-refractivity contribution in [3.8, 4) is 0 Å². The Bertz CT molecular complexity index is 1390. The van der Waals surface area contributed by atoms with Gasteiger partial charge in [-0.25, -0.2) is 14.6 Å². The molecule has 10 nitrogen and oxygen atoms in total. The zero-order valence-electron chi connectivity index (χ0n) is 22.8. The highest BCUT2D eigenvalue weighted by Gasteiger charge is 2.59. The standard InChI is InChI=1S/C31H32N4O6/c1-20(30(38)40-2)32-28(36)25-18-24(22-14-8-4-9-15-22)34-27(23-16-10-5-11-17-23)26(29(37)35(25)34)33-31(39)41-19-21-12-6-3-7-13-21/h3-17,20,24-27H,18-19H2,1-2H3,(H,32,36)(H,33,39)/t20-,24-,25-,26-,27-/m0/s1. The van der Waals surface area contributed by atoms with Crippen molar-refractivity contribution in [3.63, 3.8) is 0 Å². The van der Waals surface area contributed by atoms with Gasteiger partial charge in [0.2, 0.25) is 5.91 Å². The first kappa shape index (κ1) is 27.9. The molecule has 2 fully saturated rings. The van der Waals surface area contributed by atoms with Gasteiger partial charge in [-0.2, -0.15) is 0 Å². The van der Waals surface area contributed by atoms with Gasteiger partial charge in [-0.15, -0.1) is 0 Å². The summed E-state index contributed by atoms with van der Waals surface area (Å²) in [6.07, 6.45) is -0.448. The summed E-state index contributed by atoms with van der Waals surface area (Å²) in [6, 6.07) is 24.4. The first-order valence-electron chi connectivity index (χ1n) is 13.5. The van der Waals surface area contributed by atoms with Gasteiger partial charge in [-0.05, 0) is 30.0 Å². The first-order chi connectivity index (χ1) is 19.9. The fraction of sp³-hybridized carbons (Fsp3) is 0.290. The van der Waals surface area contributed by atoms with Gasteiger partial charge in [0.1, 0.15) is 24.7 Å². The average molecular weight is 557 g/mol. The van der Waals surface area contributed by atoms with Crippen molar-refractivity contribution >= 4 is 23.9 Å². The summed E-state index contributed by atoms with van der Waals surface area (Å²) in [5, 5.41) is 8.76. The molecule has 2 aliphatic heterocycles. The largest absolute Gasteiger partial charge is 0.467 e. The zero-order valence-corrected chi connectivity index (χ0v) is 22.8. The molecule has 0 unspecified atom stereocenters. The molecule has 0 radical (unpaired) electrons. The average Bonchev–Trinajstić information content (AvgIpc) is 3.52. The Morgan fingerprint density at radius 2 is 1.49 bits per heavy atom. The van der Waals surface area contributed by atoms with Crippen molar-refractivity contribution in [2.45, 2.75) is 50.2 Å². The molecule has 0 spiro atoms. The summed E-state index contributed by atoms with van der Waals surface area (Å²) in [5.74, 6) is -1.53. The molecule has 0 saturated carbocycles. The van der Waals surface area contributed by atoms with Gasteiger partial charge in [0.05, 0.1) is 19.2 Å². The van der Waals surface area contributed by atoms with E-state index in [9.17, 15) is 19.2 Å². The quantitative estimate of drug-likeness (QED) is 0.409. The minimum absolute atomic E-state index is 0.0418.